The fourth-order valence-electron chi connectivity index (χ4n) is 3.09. The van der Waals surface area contributed by atoms with Crippen LogP contribution in [-0.2, 0) is 16.0 Å². The van der Waals surface area contributed by atoms with E-state index in [1.165, 1.54) is 12.7 Å². The van der Waals surface area contributed by atoms with Crippen molar-refractivity contribution in [3.63, 3.8) is 0 Å². The SMILES string of the molecule is COC(=O)Nc1ccc2c(c1)NC(=O)CC2c1ccc(CCN)cc1.Cl. The number of hydrogen-bond donors (Lipinski definition) is 3. The lowest BCUT2D eigenvalue weighted by molar-refractivity contribution is -0.116. The Balaban J connectivity index is 0.00000243. The highest BCUT2D eigenvalue weighted by molar-refractivity contribution is 5.96. The zero-order valence-corrected chi connectivity index (χ0v) is 15.3. The Kier molecular flexibility index (Phi) is 6.60. The number of benzene rings is 2. The molecule has 0 aliphatic carbocycles. The van der Waals surface area contributed by atoms with Crippen LogP contribution in [0.1, 0.15) is 29.0 Å². The fraction of sp³-hybridized carbons (Fsp3) is 0.263. The van der Waals surface area contributed by atoms with Gasteiger partial charge >= 0.3 is 6.09 Å². The van der Waals surface area contributed by atoms with Crippen molar-refractivity contribution in [3.05, 3.63) is 59.2 Å². The first kappa shape index (κ1) is 19.8. The number of carbonyl (C=O) groups is 2. The number of anilines is 2. The average Bonchev–Trinajstić information content (AvgIpc) is 2.61. The second-order valence-corrected chi connectivity index (χ2v) is 6.00. The van der Waals surface area contributed by atoms with Crippen LogP contribution in [0.5, 0.6) is 0 Å². The van der Waals surface area contributed by atoms with Crippen molar-refractivity contribution >= 4 is 35.8 Å². The Labute approximate surface area is 158 Å². The molecule has 1 aliphatic heterocycles. The zero-order chi connectivity index (χ0) is 17.8. The van der Waals surface area contributed by atoms with Gasteiger partial charge in [0.1, 0.15) is 0 Å². The zero-order valence-electron chi connectivity index (χ0n) is 14.5. The quantitative estimate of drug-likeness (QED) is 0.764. The van der Waals surface area contributed by atoms with E-state index in [9.17, 15) is 9.59 Å². The number of methoxy groups -OCH3 is 1. The first-order valence-corrected chi connectivity index (χ1v) is 8.18. The van der Waals surface area contributed by atoms with Gasteiger partial charge in [-0.15, -0.1) is 12.4 Å². The summed E-state index contributed by atoms with van der Waals surface area (Å²) in [6.45, 7) is 0.615. The van der Waals surface area contributed by atoms with Gasteiger partial charge in [0.2, 0.25) is 5.91 Å². The van der Waals surface area contributed by atoms with E-state index in [-0.39, 0.29) is 24.2 Å². The maximum absolute atomic E-state index is 12.1. The van der Waals surface area contributed by atoms with Gasteiger partial charge in [-0.1, -0.05) is 30.3 Å². The molecule has 2 aromatic rings. The smallest absolute Gasteiger partial charge is 0.411 e. The molecule has 0 aromatic heterocycles. The number of nitrogens with two attached hydrogens (primary N) is 1. The minimum atomic E-state index is -0.547. The molecule has 4 N–H and O–H groups in total. The third-order valence-electron chi connectivity index (χ3n) is 4.34. The Morgan fingerprint density at radius 2 is 2.00 bits per heavy atom. The minimum absolute atomic E-state index is 0. The number of rotatable bonds is 4. The van der Waals surface area contributed by atoms with Crippen molar-refractivity contribution < 1.29 is 14.3 Å². The maximum atomic E-state index is 12.1. The Morgan fingerprint density at radius 1 is 1.27 bits per heavy atom. The summed E-state index contributed by atoms with van der Waals surface area (Å²) in [5.41, 5.74) is 10.2. The van der Waals surface area contributed by atoms with Gasteiger partial charge in [-0.2, -0.15) is 0 Å². The van der Waals surface area contributed by atoms with Gasteiger partial charge in [0.25, 0.3) is 0 Å². The summed E-state index contributed by atoms with van der Waals surface area (Å²) < 4.78 is 4.59. The third kappa shape index (κ3) is 4.33. The first-order valence-electron chi connectivity index (χ1n) is 8.18. The molecule has 2 aromatic carbocycles. The molecule has 3 rings (SSSR count). The number of nitrogens with one attached hydrogen (secondary N) is 2. The number of ether oxygens (including phenoxy) is 1. The highest BCUT2D eigenvalue weighted by Crippen LogP contribution is 2.38. The van der Waals surface area contributed by atoms with Crippen molar-refractivity contribution in [2.45, 2.75) is 18.8 Å². The molecule has 1 heterocycles. The van der Waals surface area contributed by atoms with Crippen molar-refractivity contribution in [2.24, 2.45) is 5.73 Å². The molecule has 0 saturated heterocycles. The lowest BCUT2D eigenvalue weighted by Crippen LogP contribution is -2.24. The molecule has 1 atom stereocenters. The molecule has 6 nitrogen and oxygen atoms in total. The van der Waals surface area contributed by atoms with Crippen molar-refractivity contribution in [2.75, 3.05) is 24.3 Å². The first-order chi connectivity index (χ1) is 12.1. The molecular weight excluding hydrogens is 354 g/mol. The van der Waals surface area contributed by atoms with E-state index in [0.29, 0.717) is 24.3 Å². The topological polar surface area (TPSA) is 93.5 Å². The summed E-state index contributed by atoms with van der Waals surface area (Å²) >= 11 is 0. The van der Waals surface area contributed by atoms with Gasteiger partial charge in [0.05, 0.1) is 7.11 Å². The maximum Gasteiger partial charge on any atom is 0.411 e. The Bertz CT molecular complexity index is 793. The standard InChI is InChI=1S/C19H21N3O3.ClH/c1-25-19(24)21-14-6-7-15-16(11-18(23)22-17(15)10-14)13-4-2-12(3-5-13)8-9-20;/h2-7,10,16H,8-9,11,20H2,1H3,(H,21,24)(H,22,23);1H. The largest absolute Gasteiger partial charge is 0.453 e. The molecule has 1 unspecified atom stereocenters. The normalized spacial score (nSPS) is 15.3. The monoisotopic (exact) mass is 375 g/mol. The lowest BCUT2D eigenvalue weighted by atomic mass is 9.84. The average molecular weight is 376 g/mol. The predicted octanol–water partition coefficient (Wildman–Crippen LogP) is 3.26. The van der Waals surface area contributed by atoms with Crippen molar-refractivity contribution in [3.8, 4) is 0 Å². The summed E-state index contributed by atoms with van der Waals surface area (Å²) in [7, 11) is 1.31. The van der Waals surface area contributed by atoms with Crippen LogP contribution in [0.2, 0.25) is 0 Å². The van der Waals surface area contributed by atoms with Crippen LogP contribution in [0.3, 0.4) is 0 Å². The van der Waals surface area contributed by atoms with E-state index < -0.39 is 6.09 Å². The lowest BCUT2D eigenvalue weighted by Gasteiger charge is -2.26. The third-order valence-corrected chi connectivity index (χ3v) is 4.34. The summed E-state index contributed by atoms with van der Waals surface area (Å²) in [5, 5.41) is 5.48. The van der Waals surface area contributed by atoms with Crippen molar-refractivity contribution in [1.29, 1.82) is 0 Å². The second-order valence-electron chi connectivity index (χ2n) is 6.00. The molecule has 1 aliphatic rings. The summed E-state index contributed by atoms with van der Waals surface area (Å²) in [4.78, 5) is 23.5. The molecule has 0 bridgehead atoms. The van der Waals surface area contributed by atoms with Gasteiger partial charge in [-0.3, -0.25) is 10.1 Å². The molecule has 7 heteroatoms. The van der Waals surface area contributed by atoms with Crippen LogP contribution < -0.4 is 16.4 Å². The number of amides is 2. The van der Waals surface area contributed by atoms with Gasteiger partial charge in [-0.25, -0.2) is 4.79 Å². The van der Waals surface area contributed by atoms with Crippen LogP contribution in [0.4, 0.5) is 16.2 Å². The minimum Gasteiger partial charge on any atom is -0.453 e. The van der Waals surface area contributed by atoms with Crippen LogP contribution in [-0.4, -0.2) is 25.7 Å². The number of halogens is 1. The predicted molar refractivity (Wildman–Crippen MR) is 104 cm³/mol. The summed E-state index contributed by atoms with van der Waals surface area (Å²) in [6.07, 6.45) is 0.687. The van der Waals surface area contributed by atoms with E-state index in [1.54, 1.807) is 6.07 Å². The highest BCUT2D eigenvalue weighted by Gasteiger charge is 2.26. The van der Waals surface area contributed by atoms with Gasteiger partial charge < -0.3 is 15.8 Å². The van der Waals surface area contributed by atoms with Crippen LogP contribution in [0.25, 0.3) is 0 Å². The molecular formula is C19H22ClN3O3. The van der Waals surface area contributed by atoms with Crippen molar-refractivity contribution in [1.82, 2.24) is 0 Å². The van der Waals surface area contributed by atoms with Gasteiger partial charge in [-0.05, 0) is 41.8 Å². The molecule has 0 saturated carbocycles. The Morgan fingerprint density at radius 3 is 2.65 bits per heavy atom. The van der Waals surface area contributed by atoms with Crippen LogP contribution in [0, 0.1) is 0 Å². The van der Waals surface area contributed by atoms with E-state index >= 15 is 0 Å². The van der Waals surface area contributed by atoms with E-state index in [2.05, 4.69) is 39.6 Å². The van der Waals surface area contributed by atoms with E-state index in [0.717, 1.165) is 17.5 Å². The van der Waals surface area contributed by atoms with Gasteiger partial charge in [0, 0.05) is 23.7 Å². The van der Waals surface area contributed by atoms with Crippen LogP contribution >= 0.6 is 12.4 Å². The van der Waals surface area contributed by atoms with Gasteiger partial charge in [0.15, 0.2) is 0 Å². The number of hydrogen-bond acceptors (Lipinski definition) is 4. The fourth-order valence-corrected chi connectivity index (χ4v) is 3.09. The molecule has 0 fully saturated rings. The Hall–Kier alpha value is -2.57. The summed E-state index contributed by atoms with van der Waals surface area (Å²) in [5.74, 6) is -0.0541. The van der Waals surface area contributed by atoms with E-state index in [1.807, 2.05) is 12.1 Å². The number of carbonyl (C=O) groups excluding carboxylic acids is 2. The molecule has 26 heavy (non-hydrogen) atoms. The second kappa shape index (κ2) is 8.69. The summed E-state index contributed by atoms with van der Waals surface area (Å²) in [6, 6.07) is 13.7. The molecule has 138 valence electrons. The molecule has 0 radical (unpaired) electrons. The van der Waals surface area contributed by atoms with Crippen LogP contribution in [0.15, 0.2) is 42.5 Å². The highest BCUT2D eigenvalue weighted by atomic mass is 35.5. The van der Waals surface area contributed by atoms with E-state index in [4.69, 9.17) is 5.73 Å². The molecule has 2 amide bonds. The number of fused-ring (bicyclic) bond motifs is 1. The molecule has 0 spiro atoms.